The molecule has 1 heterocycles. The standard InChI is InChI=1S/C22H25BrN4O3/c1-14-5-8-19(15(2)18(14)11-23)27(4)22(30)13-25-21(29)10-7-17-6-9-20(24-12-17)26-16(3)28/h5-10,12H,11,13H2,1-4H3,(H,25,29)(H,24,26,28). The molecule has 2 rings (SSSR count). The van der Waals surface area contributed by atoms with Crippen molar-refractivity contribution in [3.05, 3.63) is 58.8 Å². The molecule has 8 heteroatoms. The molecule has 0 radical (unpaired) electrons. The molecule has 7 nitrogen and oxygen atoms in total. The summed E-state index contributed by atoms with van der Waals surface area (Å²) in [7, 11) is 1.70. The van der Waals surface area contributed by atoms with Gasteiger partial charge in [0.1, 0.15) is 5.82 Å². The normalized spacial score (nSPS) is 10.7. The van der Waals surface area contributed by atoms with E-state index in [1.807, 2.05) is 26.0 Å². The van der Waals surface area contributed by atoms with Crippen LogP contribution >= 0.6 is 15.9 Å². The first-order valence-electron chi connectivity index (χ1n) is 9.34. The van der Waals surface area contributed by atoms with Crippen LogP contribution < -0.4 is 15.5 Å². The minimum atomic E-state index is -0.385. The lowest BCUT2D eigenvalue weighted by molar-refractivity contribution is -0.122. The van der Waals surface area contributed by atoms with Gasteiger partial charge in [0.05, 0.1) is 6.54 Å². The van der Waals surface area contributed by atoms with E-state index < -0.39 is 0 Å². The van der Waals surface area contributed by atoms with Gasteiger partial charge in [-0.05, 0) is 60.4 Å². The lowest BCUT2D eigenvalue weighted by Gasteiger charge is -2.22. The highest BCUT2D eigenvalue weighted by molar-refractivity contribution is 9.08. The Bertz CT molecular complexity index is 971. The van der Waals surface area contributed by atoms with Gasteiger partial charge in [0.25, 0.3) is 0 Å². The van der Waals surface area contributed by atoms with Crippen molar-refractivity contribution in [1.82, 2.24) is 10.3 Å². The average Bonchev–Trinajstić information content (AvgIpc) is 2.71. The molecule has 0 saturated carbocycles. The zero-order chi connectivity index (χ0) is 22.3. The molecule has 0 unspecified atom stereocenters. The number of carbonyl (C=O) groups excluding carboxylic acids is 3. The van der Waals surface area contributed by atoms with E-state index in [9.17, 15) is 14.4 Å². The van der Waals surface area contributed by atoms with E-state index in [0.29, 0.717) is 16.7 Å². The molecule has 2 aromatic rings. The highest BCUT2D eigenvalue weighted by Crippen LogP contribution is 2.26. The second-order valence-corrected chi connectivity index (χ2v) is 7.36. The molecule has 0 saturated heterocycles. The van der Waals surface area contributed by atoms with Crippen LogP contribution in [0.4, 0.5) is 11.5 Å². The van der Waals surface area contributed by atoms with Gasteiger partial charge in [-0.3, -0.25) is 14.4 Å². The average molecular weight is 473 g/mol. The smallest absolute Gasteiger partial charge is 0.246 e. The Kier molecular flexibility index (Phi) is 8.29. The van der Waals surface area contributed by atoms with E-state index in [1.54, 1.807) is 30.2 Å². The number of alkyl halides is 1. The molecule has 0 fully saturated rings. The Morgan fingerprint density at radius 2 is 1.90 bits per heavy atom. The fourth-order valence-corrected chi connectivity index (χ4v) is 3.72. The zero-order valence-electron chi connectivity index (χ0n) is 17.5. The Balaban J connectivity index is 1.93. The molecule has 1 aromatic carbocycles. The molecule has 3 amide bonds. The minimum absolute atomic E-state index is 0.115. The summed E-state index contributed by atoms with van der Waals surface area (Å²) in [5.74, 6) is -0.369. The largest absolute Gasteiger partial charge is 0.343 e. The second-order valence-electron chi connectivity index (χ2n) is 6.80. The minimum Gasteiger partial charge on any atom is -0.343 e. The van der Waals surface area contributed by atoms with E-state index in [1.165, 1.54) is 19.2 Å². The summed E-state index contributed by atoms with van der Waals surface area (Å²) in [5, 5.41) is 5.88. The molecular formula is C22H25BrN4O3. The predicted molar refractivity (Wildman–Crippen MR) is 123 cm³/mol. The van der Waals surface area contributed by atoms with Crippen LogP contribution in [0, 0.1) is 13.8 Å². The van der Waals surface area contributed by atoms with E-state index in [2.05, 4.69) is 31.5 Å². The fourth-order valence-electron chi connectivity index (χ4n) is 2.85. The molecule has 0 atom stereocenters. The summed E-state index contributed by atoms with van der Waals surface area (Å²) in [5.41, 5.74) is 4.85. The van der Waals surface area contributed by atoms with Crippen LogP contribution in [0.25, 0.3) is 6.08 Å². The first-order chi connectivity index (χ1) is 14.2. The number of amides is 3. The number of halogens is 1. The number of carbonyl (C=O) groups is 3. The number of benzene rings is 1. The monoisotopic (exact) mass is 472 g/mol. The molecule has 0 spiro atoms. The summed E-state index contributed by atoms with van der Waals surface area (Å²) in [6, 6.07) is 7.26. The summed E-state index contributed by atoms with van der Waals surface area (Å²) in [6.07, 6.45) is 4.46. The molecule has 0 aliphatic carbocycles. The molecule has 30 heavy (non-hydrogen) atoms. The van der Waals surface area contributed by atoms with Crippen molar-refractivity contribution in [2.24, 2.45) is 0 Å². The number of nitrogens with zero attached hydrogens (tertiary/aromatic N) is 2. The van der Waals surface area contributed by atoms with Crippen molar-refractivity contribution < 1.29 is 14.4 Å². The Hall–Kier alpha value is -3.00. The predicted octanol–water partition coefficient (Wildman–Crippen LogP) is 3.34. The molecule has 0 aliphatic rings. The third kappa shape index (κ3) is 6.25. The van der Waals surface area contributed by atoms with Gasteiger partial charge in [0.2, 0.25) is 17.7 Å². The topological polar surface area (TPSA) is 91.4 Å². The van der Waals surface area contributed by atoms with E-state index in [4.69, 9.17) is 0 Å². The van der Waals surface area contributed by atoms with Crippen molar-refractivity contribution in [3.63, 3.8) is 0 Å². The van der Waals surface area contributed by atoms with E-state index in [0.717, 1.165) is 22.4 Å². The number of hydrogen-bond donors (Lipinski definition) is 2. The van der Waals surface area contributed by atoms with Crippen molar-refractivity contribution in [2.45, 2.75) is 26.1 Å². The Morgan fingerprint density at radius 3 is 2.50 bits per heavy atom. The third-order valence-electron chi connectivity index (χ3n) is 4.60. The van der Waals surface area contributed by atoms with Gasteiger partial charge in [0, 0.05) is 37.3 Å². The number of hydrogen-bond acceptors (Lipinski definition) is 4. The summed E-state index contributed by atoms with van der Waals surface area (Å²) < 4.78 is 0. The lowest BCUT2D eigenvalue weighted by atomic mass is 10.0. The maximum Gasteiger partial charge on any atom is 0.246 e. The highest BCUT2D eigenvalue weighted by Gasteiger charge is 2.16. The zero-order valence-corrected chi connectivity index (χ0v) is 19.0. The maximum atomic E-state index is 12.5. The lowest BCUT2D eigenvalue weighted by Crippen LogP contribution is -2.38. The first kappa shape index (κ1) is 23.3. The number of nitrogens with one attached hydrogen (secondary N) is 2. The van der Waals surface area contributed by atoms with Gasteiger partial charge >= 0.3 is 0 Å². The Morgan fingerprint density at radius 1 is 1.17 bits per heavy atom. The SMILES string of the molecule is CC(=O)Nc1ccc(C=CC(=O)NCC(=O)N(C)c2ccc(C)c(CBr)c2C)cn1. The summed E-state index contributed by atoms with van der Waals surface area (Å²) in [4.78, 5) is 41.2. The number of aromatic nitrogens is 1. The number of pyridine rings is 1. The number of anilines is 2. The summed E-state index contributed by atoms with van der Waals surface area (Å²) in [6.45, 7) is 5.30. The fraction of sp³-hybridized carbons (Fsp3) is 0.273. The highest BCUT2D eigenvalue weighted by atomic mass is 79.9. The van der Waals surface area contributed by atoms with Crippen LogP contribution in [0.5, 0.6) is 0 Å². The van der Waals surface area contributed by atoms with E-state index in [-0.39, 0.29) is 24.3 Å². The molecule has 0 aliphatic heterocycles. The number of likely N-dealkylation sites (N-methyl/N-ethyl adjacent to an activating group) is 1. The number of aryl methyl sites for hydroxylation is 1. The van der Waals surface area contributed by atoms with Gasteiger partial charge in [0.15, 0.2) is 0 Å². The quantitative estimate of drug-likeness (QED) is 0.477. The van der Waals surface area contributed by atoms with Crippen LogP contribution in [0.2, 0.25) is 0 Å². The molecule has 2 N–H and O–H groups in total. The number of rotatable bonds is 7. The molecule has 158 valence electrons. The first-order valence-corrected chi connectivity index (χ1v) is 10.5. The maximum absolute atomic E-state index is 12.5. The molecule has 0 bridgehead atoms. The summed E-state index contributed by atoms with van der Waals surface area (Å²) >= 11 is 3.49. The second kappa shape index (κ2) is 10.7. The molecular weight excluding hydrogens is 448 g/mol. The van der Waals surface area contributed by atoms with Crippen LogP contribution in [0.3, 0.4) is 0 Å². The Labute approximate surface area is 184 Å². The van der Waals surface area contributed by atoms with Crippen molar-refractivity contribution in [1.29, 1.82) is 0 Å². The van der Waals surface area contributed by atoms with Crippen molar-refractivity contribution in [2.75, 3.05) is 23.8 Å². The van der Waals surface area contributed by atoms with Crippen molar-refractivity contribution >= 4 is 51.2 Å². The van der Waals surface area contributed by atoms with Gasteiger partial charge in [-0.1, -0.05) is 22.0 Å². The van der Waals surface area contributed by atoms with Crippen LogP contribution in [0.1, 0.15) is 29.2 Å². The van der Waals surface area contributed by atoms with Crippen molar-refractivity contribution in [3.8, 4) is 0 Å². The molecule has 1 aromatic heterocycles. The van der Waals surface area contributed by atoms with Gasteiger partial charge in [-0.15, -0.1) is 0 Å². The van der Waals surface area contributed by atoms with Crippen LogP contribution in [-0.2, 0) is 19.7 Å². The third-order valence-corrected chi connectivity index (χ3v) is 5.17. The van der Waals surface area contributed by atoms with Crippen LogP contribution in [0.15, 0.2) is 36.5 Å². The van der Waals surface area contributed by atoms with Gasteiger partial charge in [-0.2, -0.15) is 0 Å². The van der Waals surface area contributed by atoms with Gasteiger partial charge < -0.3 is 15.5 Å². The van der Waals surface area contributed by atoms with Crippen LogP contribution in [-0.4, -0.2) is 36.3 Å². The van der Waals surface area contributed by atoms with E-state index >= 15 is 0 Å². The van der Waals surface area contributed by atoms with Gasteiger partial charge in [-0.25, -0.2) is 4.98 Å².